The number of rotatable bonds is 26. The Morgan fingerprint density at radius 3 is 1.40 bits per heavy atom. The van der Waals surface area contributed by atoms with Crippen LogP contribution in [0.4, 0.5) is 0 Å². The van der Waals surface area contributed by atoms with Gasteiger partial charge in [-0.25, -0.2) is 14.4 Å². The second kappa shape index (κ2) is 23.7. The standard InChI is InChI=1S/C27H44O15/c1-4-18(29)25(34)40-13-7-10-37-17-22(38-11-8-14-41-26(35)19(30)5-2)24(23(33)21(32)16-28)39-12-9-15-42-27(36)20(31)6-3/h21-24,28,32-33H,4-17H2,1-3H3. The number of ether oxygens (including phenoxy) is 6. The van der Waals surface area contributed by atoms with E-state index in [-0.39, 0.29) is 84.8 Å². The lowest BCUT2D eigenvalue weighted by Gasteiger charge is -2.32. The van der Waals surface area contributed by atoms with Crippen molar-refractivity contribution < 1.29 is 72.5 Å². The molecule has 0 aliphatic heterocycles. The second-order valence-electron chi connectivity index (χ2n) is 8.86. The van der Waals surface area contributed by atoms with E-state index in [0.717, 1.165) is 0 Å². The van der Waals surface area contributed by atoms with Gasteiger partial charge in [0.1, 0.15) is 24.4 Å². The Labute approximate surface area is 244 Å². The van der Waals surface area contributed by atoms with E-state index in [9.17, 15) is 44.1 Å². The number of aliphatic hydroxyl groups excluding tert-OH is 3. The fourth-order valence-electron chi connectivity index (χ4n) is 3.09. The SMILES string of the molecule is CCC(=O)C(=O)OCCCOCC(OCCCOC(=O)C(=O)CC)C(OCCCOC(=O)C(=O)CC)C(O)C(O)CO. The largest absolute Gasteiger partial charge is 0.460 e. The third-order valence-corrected chi connectivity index (χ3v) is 5.56. The molecule has 15 nitrogen and oxygen atoms in total. The van der Waals surface area contributed by atoms with Gasteiger partial charge >= 0.3 is 17.9 Å². The number of Topliss-reactive ketones (excluding diaryl/α,β-unsaturated/α-hetero) is 3. The van der Waals surface area contributed by atoms with E-state index < -0.39 is 66.3 Å². The highest BCUT2D eigenvalue weighted by Crippen LogP contribution is 2.15. The van der Waals surface area contributed by atoms with Gasteiger partial charge in [-0.3, -0.25) is 14.4 Å². The quantitative estimate of drug-likeness (QED) is 0.0475. The van der Waals surface area contributed by atoms with Gasteiger partial charge in [-0.2, -0.15) is 0 Å². The summed E-state index contributed by atoms with van der Waals surface area (Å²) in [6.45, 7) is 3.11. The molecule has 0 fully saturated rings. The fraction of sp³-hybridized carbons (Fsp3) is 0.778. The Morgan fingerprint density at radius 1 is 0.595 bits per heavy atom. The van der Waals surface area contributed by atoms with Crippen LogP contribution < -0.4 is 0 Å². The van der Waals surface area contributed by atoms with Gasteiger partial charge in [0.25, 0.3) is 0 Å². The minimum absolute atomic E-state index is 0.00105. The predicted molar refractivity (Wildman–Crippen MR) is 142 cm³/mol. The summed E-state index contributed by atoms with van der Waals surface area (Å²) in [7, 11) is 0. The summed E-state index contributed by atoms with van der Waals surface area (Å²) in [5, 5.41) is 30.1. The average molecular weight is 609 g/mol. The number of ketones is 3. The Morgan fingerprint density at radius 2 is 1.00 bits per heavy atom. The van der Waals surface area contributed by atoms with Gasteiger partial charge in [-0.1, -0.05) is 20.8 Å². The van der Waals surface area contributed by atoms with Gasteiger partial charge in [0.15, 0.2) is 0 Å². The molecule has 0 saturated carbocycles. The molecule has 0 aromatic heterocycles. The van der Waals surface area contributed by atoms with Crippen molar-refractivity contribution in [2.24, 2.45) is 0 Å². The zero-order valence-corrected chi connectivity index (χ0v) is 24.4. The normalized spacial score (nSPS) is 13.9. The van der Waals surface area contributed by atoms with E-state index in [1.807, 2.05) is 0 Å². The van der Waals surface area contributed by atoms with E-state index in [0.29, 0.717) is 0 Å². The highest BCUT2D eigenvalue weighted by atomic mass is 16.6. The molecule has 0 spiro atoms. The van der Waals surface area contributed by atoms with Crippen LogP contribution in [0.5, 0.6) is 0 Å². The summed E-state index contributed by atoms with van der Waals surface area (Å²) in [6.07, 6.45) is -5.03. The van der Waals surface area contributed by atoms with Gasteiger partial charge in [0.2, 0.25) is 17.3 Å². The summed E-state index contributed by atoms with van der Waals surface area (Å²) in [6, 6.07) is 0. The minimum Gasteiger partial charge on any atom is -0.460 e. The van der Waals surface area contributed by atoms with E-state index in [2.05, 4.69) is 0 Å². The molecule has 0 aliphatic carbocycles. The van der Waals surface area contributed by atoms with Crippen LogP contribution in [0.25, 0.3) is 0 Å². The minimum atomic E-state index is -1.64. The Hall–Kier alpha value is -2.82. The molecule has 0 rings (SSSR count). The first-order chi connectivity index (χ1) is 20.0. The molecule has 42 heavy (non-hydrogen) atoms. The Kier molecular flexibility index (Phi) is 22.1. The van der Waals surface area contributed by atoms with Crippen molar-refractivity contribution in [2.45, 2.75) is 83.7 Å². The zero-order chi connectivity index (χ0) is 31.9. The molecule has 3 N–H and O–H groups in total. The van der Waals surface area contributed by atoms with Crippen molar-refractivity contribution >= 4 is 35.3 Å². The third kappa shape index (κ3) is 16.6. The van der Waals surface area contributed by atoms with Crippen molar-refractivity contribution in [3.63, 3.8) is 0 Å². The van der Waals surface area contributed by atoms with E-state index in [4.69, 9.17) is 28.4 Å². The molecule has 0 aromatic carbocycles. The third-order valence-electron chi connectivity index (χ3n) is 5.56. The lowest BCUT2D eigenvalue weighted by atomic mass is 10.0. The van der Waals surface area contributed by atoms with Gasteiger partial charge in [-0.05, 0) is 0 Å². The van der Waals surface area contributed by atoms with Gasteiger partial charge in [0.05, 0.1) is 46.2 Å². The summed E-state index contributed by atoms with van der Waals surface area (Å²) in [5.41, 5.74) is 0. The number of carbonyl (C=O) groups is 6. The molecule has 0 aromatic rings. The Balaban J connectivity index is 5.19. The maximum atomic E-state index is 11.5. The van der Waals surface area contributed by atoms with Crippen LogP contribution in [0.1, 0.15) is 59.3 Å². The smallest absolute Gasteiger partial charge is 0.374 e. The first-order valence-corrected chi connectivity index (χ1v) is 13.9. The molecule has 0 radical (unpaired) electrons. The van der Waals surface area contributed by atoms with Crippen LogP contribution >= 0.6 is 0 Å². The molecule has 4 atom stereocenters. The van der Waals surface area contributed by atoms with Crippen LogP contribution in [0.2, 0.25) is 0 Å². The number of carbonyl (C=O) groups excluding carboxylic acids is 6. The molecule has 4 unspecified atom stereocenters. The first kappa shape index (κ1) is 39.2. The Bertz CT molecular complexity index is 843. The van der Waals surface area contributed by atoms with Gasteiger partial charge in [-0.15, -0.1) is 0 Å². The van der Waals surface area contributed by atoms with Gasteiger partial charge < -0.3 is 43.7 Å². The highest BCUT2D eigenvalue weighted by molar-refractivity contribution is 6.34. The second-order valence-corrected chi connectivity index (χ2v) is 8.86. The van der Waals surface area contributed by atoms with Gasteiger partial charge in [0, 0.05) is 45.1 Å². The number of aliphatic hydroxyl groups is 3. The van der Waals surface area contributed by atoms with Crippen LogP contribution in [-0.2, 0) is 57.2 Å². The fourth-order valence-corrected chi connectivity index (χ4v) is 3.09. The number of hydrogen-bond acceptors (Lipinski definition) is 15. The molecule has 0 saturated heterocycles. The van der Waals surface area contributed by atoms with Crippen LogP contribution in [-0.4, -0.2) is 128 Å². The molecule has 0 aliphatic rings. The molecule has 242 valence electrons. The van der Waals surface area contributed by atoms with Crippen LogP contribution in [0.15, 0.2) is 0 Å². The van der Waals surface area contributed by atoms with Crippen molar-refractivity contribution in [3.8, 4) is 0 Å². The molecule has 0 heterocycles. The van der Waals surface area contributed by atoms with E-state index in [1.165, 1.54) is 20.8 Å². The average Bonchev–Trinajstić information content (AvgIpc) is 3.00. The monoisotopic (exact) mass is 608 g/mol. The first-order valence-electron chi connectivity index (χ1n) is 13.9. The molecule has 0 bridgehead atoms. The van der Waals surface area contributed by atoms with Crippen molar-refractivity contribution in [1.82, 2.24) is 0 Å². The van der Waals surface area contributed by atoms with E-state index in [1.54, 1.807) is 0 Å². The molecule has 0 amide bonds. The van der Waals surface area contributed by atoms with Crippen molar-refractivity contribution in [1.29, 1.82) is 0 Å². The lowest BCUT2D eigenvalue weighted by molar-refractivity contribution is -0.172. The van der Waals surface area contributed by atoms with E-state index >= 15 is 0 Å². The molecular weight excluding hydrogens is 564 g/mol. The van der Waals surface area contributed by atoms with Crippen molar-refractivity contribution in [3.05, 3.63) is 0 Å². The zero-order valence-electron chi connectivity index (χ0n) is 24.4. The highest BCUT2D eigenvalue weighted by Gasteiger charge is 2.34. The van der Waals surface area contributed by atoms with Crippen molar-refractivity contribution in [2.75, 3.05) is 52.9 Å². The maximum absolute atomic E-state index is 11.5. The summed E-state index contributed by atoms with van der Waals surface area (Å²) in [4.78, 5) is 68.5. The predicted octanol–water partition coefficient (Wildman–Crippen LogP) is -0.775. The summed E-state index contributed by atoms with van der Waals surface area (Å²) < 4.78 is 31.6. The molecule has 15 heteroatoms. The van der Waals surface area contributed by atoms with Crippen LogP contribution in [0.3, 0.4) is 0 Å². The summed E-state index contributed by atoms with van der Waals surface area (Å²) >= 11 is 0. The summed E-state index contributed by atoms with van der Waals surface area (Å²) in [5.74, 6) is -4.91. The maximum Gasteiger partial charge on any atom is 0.374 e. The lowest BCUT2D eigenvalue weighted by Crippen LogP contribution is -2.50. The topological polar surface area (TPSA) is 218 Å². The number of hydrogen-bond donors (Lipinski definition) is 3. The molecular formula is C27H44O15. The number of esters is 3. The van der Waals surface area contributed by atoms with Crippen LogP contribution in [0, 0.1) is 0 Å².